The van der Waals surface area contributed by atoms with E-state index < -0.39 is 12.0 Å². The van der Waals surface area contributed by atoms with Gasteiger partial charge in [0.05, 0.1) is 24.3 Å². The molecule has 1 aliphatic heterocycles. The van der Waals surface area contributed by atoms with Gasteiger partial charge in [-0.2, -0.15) is 5.10 Å². The van der Waals surface area contributed by atoms with Crippen molar-refractivity contribution in [3.63, 3.8) is 0 Å². The smallest absolute Gasteiger partial charge is 0.338 e. The molecule has 0 radical (unpaired) electrons. The Hall–Kier alpha value is -3.94. The average molecular weight is 418 g/mol. The van der Waals surface area contributed by atoms with Crippen molar-refractivity contribution >= 4 is 29.3 Å². The second-order valence-corrected chi connectivity index (χ2v) is 7.19. The summed E-state index contributed by atoms with van der Waals surface area (Å²) in [5, 5.41) is 10.3. The van der Waals surface area contributed by atoms with Gasteiger partial charge in [0, 0.05) is 16.8 Å². The summed E-state index contributed by atoms with van der Waals surface area (Å²) < 4.78 is 6.53. The Morgan fingerprint density at radius 2 is 1.87 bits per heavy atom. The molecule has 0 aliphatic carbocycles. The van der Waals surface area contributed by atoms with E-state index in [-0.39, 0.29) is 24.8 Å². The van der Waals surface area contributed by atoms with E-state index in [2.05, 4.69) is 15.7 Å². The van der Waals surface area contributed by atoms with Gasteiger partial charge in [0.2, 0.25) is 11.8 Å². The van der Waals surface area contributed by atoms with Crippen molar-refractivity contribution in [2.24, 2.45) is 0 Å². The molecule has 8 heteroatoms. The van der Waals surface area contributed by atoms with E-state index in [0.717, 1.165) is 16.8 Å². The van der Waals surface area contributed by atoms with Crippen LogP contribution in [0, 0.1) is 6.92 Å². The fraction of sp³-hybridized carbons (Fsp3) is 0.217. The molecule has 158 valence electrons. The number of hydrogen-bond acceptors (Lipinski definition) is 5. The van der Waals surface area contributed by atoms with Crippen molar-refractivity contribution in [3.8, 4) is 11.3 Å². The lowest BCUT2D eigenvalue weighted by Gasteiger charge is -2.24. The maximum Gasteiger partial charge on any atom is 0.338 e. The Morgan fingerprint density at radius 3 is 2.55 bits per heavy atom. The number of esters is 1. The highest BCUT2D eigenvalue weighted by Gasteiger charge is 2.34. The van der Waals surface area contributed by atoms with Crippen molar-refractivity contribution in [2.75, 3.05) is 17.2 Å². The number of nitrogens with one attached hydrogen (secondary N) is 2. The van der Waals surface area contributed by atoms with Crippen LogP contribution in [0.5, 0.6) is 0 Å². The number of rotatable bonds is 5. The largest absolute Gasteiger partial charge is 0.462 e. The van der Waals surface area contributed by atoms with E-state index in [0.29, 0.717) is 17.1 Å². The highest BCUT2D eigenvalue weighted by Crippen LogP contribution is 2.34. The molecule has 4 rings (SSSR count). The van der Waals surface area contributed by atoms with E-state index in [1.807, 2.05) is 37.3 Å². The highest BCUT2D eigenvalue weighted by molar-refractivity contribution is 6.02. The third-order valence-electron chi connectivity index (χ3n) is 5.09. The molecule has 31 heavy (non-hydrogen) atoms. The SMILES string of the molecule is CCOC(=O)c1ccc(NC(=O)C2CC(=O)Nc3c(C)c(-c4ccccc4)nn32)cc1. The highest BCUT2D eigenvalue weighted by atomic mass is 16.5. The summed E-state index contributed by atoms with van der Waals surface area (Å²) in [6, 6.07) is 15.2. The van der Waals surface area contributed by atoms with Crippen LogP contribution in [-0.4, -0.2) is 34.2 Å². The number of benzene rings is 2. The minimum absolute atomic E-state index is 0.0188. The van der Waals surface area contributed by atoms with Crippen LogP contribution >= 0.6 is 0 Å². The second-order valence-electron chi connectivity index (χ2n) is 7.19. The Balaban J connectivity index is 1.59. The summed E-state index contributed by atoms with van der Waals surface area (Å²) in [5.74, 6) is -0.502. The van der Waals surface area contributed by atoms with Gasteiger partial charge in [0.25, 0.3) is 0 Å². The molecule has 3 aromatic rings. The van der Waals surface area contributed by atoms with Crippen molar-refractivity contribution < 1.29 is 19.1 Å². The number of ether oxygens (including phenoxy) is 1. The normalized spacial score (nSPS) is 15.0. The molecule has 0 bridgehead atoms. The number of fused-ring (bicyclic) bond motifs is 1. The first-order valence-electron chi connectivity index (χ1n) is 10.0. The quantitative estimate of drug-likeness (QED) is 0.617. The number of anilines is 2. The van der Waals surface area contributed by atoms with Gasteiger partial charge in [-0.15, -0.1) is 0 Å². The van der Waals surface area contributed by atoms with Crippen LogP contribution in [0.2, 0.25) is 0 Å². The molecule has 1 atom stereocenters. The standard InChI is InChI=1S/C23H22N4O4/c1-3-31-23(30)16-9-11-17(12-10-16)24-22(29)18-13-19(28)25-21-14(2)20(26-27(18)21)15-7-5-4-6-8-15/h4-12,18H,3,13H2,1-2H3,(H,24,29)(H,25,28). The first-order chi connectivity index (χ1) is 15.0. The molecule has 2 amide bonds. The fourth-order valence-corrected chi connectivity index (χ4v) is 3.54. The molecule has 2 heterocycles. The third-order valence-corrected chi connectivity index (χ3v) is 5.09. The molecular weight excluding hydrogens is 396 g/mol. The molecule has 2 aromatic carbocycles. The zero-order valence-corrected chi connectivity index (χ0v) is 17.2. The molecule has 1 aliphatic rings. The predicted molar refractivity (Wildman–Crippen MR) is 116 cm³/mol. The zero-order valence-electron chi connectivity index (χ0n) is 17.2. The first-order valence-corrected chi connectivity index (χ1v) is 10.0. The number of nitrogens with zero attached hydrogens (tertiary/aromatic N) is 2. The maximum absolute atomic E-state index is 13.0. The van der Waals surface area contributed by atoms with Crippen LogP contribution in [-0.2, 0) is 14.3 Å². The summed E-state index contributed by atoms with van der Waals surface area (Å²) in [6.07, 6.45) is -0.0188. The van der Waals surface area contributed by atoms with Gasteiger partial charge in [-0.25, -0.2) is 9.48 Å². The maximum atomic E-state index is 13.0. The van der Waals surface area contributed by atoms with Gasteiger partial charge < -0.3 is 15.4 Å². The van der Waals surface area contributed by atoms with Crippen LogP contribution < -0.4 is 10.6 Å². The lowest BCUT2D eigenvalue weighted by Crippen LogP contribution is -2.35. The monoisotopic (exact) mass is 418 g/mol. The Kier molecular flexibility index (Phi) is 5.53. The lowest BCUT2D eigenvalue weighted by molar-refractivity contribution is -0.125. The second kappa shape index (κ2) is 8.43. The summed E-state index contributed by atoms with van der Waals surface area (Å²) in [6.45, 7) is 3.90. The minimum Gasteiger partial charge on any atom is -0.462 e. The van der Waals surface area contributed by atoms with Gasteiger partial charge in [-0.05, 0) is 38.1 Å². The Labute approximate surface area is 179 Å². The summed E-state index contributed by atoms with van der Waals surface area (Å²) in [5.41, 5.74) is 3.34. The van der Waals surface area contributed by atoms with Crippen molar-refractivity contribution in [3.05, 3.63) is 65.7 Å². The number of carbonyl (C=O) groups is 3. The molecule has 8 nitrogen and oxygen atoms in total. The molecular formula is C23H22N4O4. The summed E-state index contributed by atoms with van der Waals surface area (Å²) in [4.78, 5) is 37.1. The van der Waals surface area contributed by atoms with Crippen molar-refractivity contribution in [2.45, 2.75) is 26.3 Å². The van der Waals surface area contributed by atoms with Crippen LogP contribution in [0.4, 0.5) is 11.5 Å². The van der Waals surface area contributed by atoms with Gasteiger partial charge in [-0.1, -0.05) is 30.3 Å². The molecule has 0 fully saturated rings. The zero-order chi connectivity index (χ0) is 22.0. The number of aromatic nitrogens is 2. The van der Waals surface area contributed by atoms with Crippen molar-refractivity contribution in [1.29, 1.82) is 0 Å². The van der Waals surface area contributed by atoms with E-state index in [1.165, 1.54) is 0 Å². The molecule has 0 saturated heterocycles. The number of hydrogen-bond donors (Lipinski definition) is 2. The minimum atomic E-state index is -0.787. The Morgan fingerprint density at radius 1 is 1.16 bits per heavy atom. The summed E-state index contributed by atoms with van der Waals surface area (Å²) in [7, 11) is 0. The predicted octanol–water partition coefficient (Wildman–Crippen LogP) is 3.56. The topological polar surface area (TPSA) is 102 Å². The van der Waals surface area contributed by atoms with Crippen LogP contribution in [0.25, 0.3) is 11.3 Å². The number of carbonyl (C=O) groups excluding carboxylic acids is 3. The summed E-state index contributed by atoms with van der Waals surface area (Å²) >= 11 is 0. The van der Waals surface area contributed by atoms with E-state index in [9.17, 15) is 14.4 Å². The van der Waals surface area contributed by atoms with Crippen LogP contribution in [0.1, 0.15) is 35.3 Å². The Bertz CT molecular complexity index is 1140. The van der Waals surface area contributed by atoms with Gasteiger partial charge in [0.15, 0.2) is 0 Å². The van der Waals surface area contributed by atoms with E-state index in [1.54, 1.807) is 35.9 Å². The van der Waals surface area contributed by atoms with E-state index in [4.69, 9.17) is 4.74 Å². The molecule has 0 saturated carbocycles. The van der Waals surface area contributed by atoms with Crippen LogP contribution in [0.3, 0.4) is 0 Å². The molecule has 1 aromatic heterocycles. The lowest BCUT2D eigenvalue weighted by atomic mass is 10.1. The first kappa shape index (κ1) is 20.3. The average Bonchev–Trinajstić information content (AvgIpc) is 3.11. The number of amides is 2. The van der Waals surface area contributed by atoms with Gasteiger partial charge in [0.1, 0.15) is 11.9 Å². The molecule has 1 unspecified atom stereocenters. The third kappa shape index (κ3) is 4.05. The fourth-order valence-electron chi connectivity index (χ4n) is 3.54. The molecule has 2 N–H and O–H groups in total. The van der Waals surface area contributed by atoms with Gasteiger partial charge in [-0.3, -0.25) is 9.59 Å². The molecule has 0 spiro atoms. The van der Waals surface area contributed by atoms with Crippen LogP contribution in [0.15, 0.2) is 54.6 Å². The van der Waals surface area contributed by atoms with Gasteiger partial charge >= 0.3 is 5.97 Å². The van der Waals surface area contributed by atoms with E-state index >= 15 is 0 Å². The van der Waals surface area contributed by atoms with Crippen molar-refractivity contribution in [1.82, 2.24) is 9.78 Å².